The first-order chi connectivity index (χ1) is 8.19. The summed E-state index contributed by atoms with van der Waals surface area (Å²) >= 11 is 0. The Labute approximate surface area is 103 Å². The number of nitrogens with one attached hydrogen (secondary N) is 1. The standard InChI is InChI=1S/C15H19NO/c1-4-6-9-12(3)13-10-7-8-11-14(13)16-15(17)5-2/h5,7-8,10-11H,2-4,6,9H2,1H3,(H,16,17). The summed E-state index contributed by atoms with van der Waals surface area (Å²) in [5.41, 5.74) is 2.88. The number of unbranched alkanes of at least 4 members (excludes halogenated alkanes) is 1. The molecule has 1 rings (SSSR count). The summed E-state index contributed by atoms with van der Waals surface area (Å²) in [6, 6.07) is 7.72. The van der Waals surface area contributed by atoms with Crippen molar-refractivity contribution < 1.29 is 4.79 Å². The largest absolute Gasteiger partial charge is 0.322 e. The van der Waals surface area contributed by atoms with E-state index in [1.54, 1.807) is 0 Å². The Balaban J connectivity index is 2.87. The minimum Gasteiger partial charge on any atom is -0.322 e. The molecule has 0 saturated carbocycles. The van der Waals surface area contributed by atoms with Crippen LogP contribution >= 0.6 is 0 Å². The first-order valence-corrected chi connectivity index (χ1v) is 5.89. The van der Waals surface area contributed by atoms with Gasteiger partial charge in [0.1, 0.15) is 0 Å². The zero-order chi connectivity index (χ0) is 12.7. The van der Waals surface area contributed by atoms with Crippen molar-refractivity contribution in [1.82, 2.24) is 0 Å². The molecular formula is C15H19NO. The topological polar surface area (TPSA) is 29.1 Å². The van der Waals surface area contributed by atoms with Gasteiger partial charge in [-0.15, -0.1) is 0 Å². The average molecular weight is 229 g/mol. The van der Waals surface area contributed by atoms with Crippen LogP contribution in [0.1, 0.15) is 31.7 Å². The number of hydrogen-bond acceptors (Lipinski definition) is 1. The number of anilines is 1. The Morgan fingerprint density at radius 3 is 2.76 bits per heavy atom. The van der Waals surface area contributed by atoms with E-state index in [1.165, 1.54) is 6.08 Å². The molecule has 1 aromatic rings. The molecule has 90 valence electrons. The highest BCUT2D eigenvalue weighted by atomic mass is 16.1. The van der Waals surface area contributed by atoms with Crippen LogP contribution in [0.15, 0.2) is 43.5 Å². The van der Waals surface area contributed by atoms with E-state index in [0.717, 1.165) is 36.1 Å². The van der Waals surface area contributed by atoms with Crippen molar-refractivity contribution in [2.45, 2.75) is 26.2 Å². The van der Waals surface area contributed by atoms with E-state index >= 15 is 0 Å². The molecule has 0 aromatic heterocycles. The van der Waals surface area contributed by atoms with E-state index in [4.69, 9.17) is 0 Å². The first kappa shape index (κ1) is 13.2. The highest BCUT2D eigenvalue weighted by molar-refractivity contribution is 6.00. The quantitative estimate of drug-likeness (QED) is 0.733. The molecule has 2 heteroatoms. The summed E-state index contributed by atoms with van der Waals surface area (Å²) in [7, 11) is 0. The molecule has 0 saturated heterocycles. The summed E-state index contributed by atoms with van der Waals surface area (Å²) in [6.45, 7) is 9.68. The summed E-state index contributed by atoms with van der Waals surface area (Å²) in [5, 5.41) is 2.80. The second kappa shape index (κ2) is 6.69. The molecule has 0 bridgehead atoms. The smallest absolute Gasteiger partial charge is 0.247 e. The Kier molecular flexibility index (Phi) is 5.21. The maximum Gasteiger partial charge on any atom is 0.247 e. The Morgan fingerprint density at radius 2 is 2.12 bits per heavy atom. The third-order valence-corrected chi connectivity index (χ3v) is 2.58. The number of benzene rings is 1. The highest BCUT2D eigenvalue weighted by Crippen LogP contribution is 2.26. The van der Waals surface area contributed by atoms with Gasteiger partial charge in [0.25, 0.3) is 0 Å². The lowest BCUT2D eigenvalue weighted by molar-refractivity contribution is -0.111. The van der Waals surface area contributed by atoms with Gasteiger partial charge >= 0.3 is 0 Å². The van der Waals surface area contributed by atoms with Gasteiger partial charge in [-0.1, -0.05) is 44.7 Å². The van der Waals surface area contributed by atoms with Gasteiger partial charge in [-0.25, -0.2) is 0 Å². The van der Waals surface area contributed by atoms with Gasteiger partial charge in [0.2, 0.25) is 5.91 Å². The number of amides is 1. The zero-order valence-corrected chi connectivity index (χ0v) is 10.3. The molecule has 0 aliphatic heterocycles. The lowest BCUT2D eigenvalue weighted by Crippen LogP contribution is -2.09. The minimum atomic E-state index is -0.194. The SMILES string of the molecule is C=CC(=O)Nc1ccccc1C(=C)CCCC. The minimum absolute atomic E-state index is 0.194. The molecule has 0 fully saturated rings. The average Bonchev–Trinajstić information content (AvgIpc) is 2.36. The molecule has 0 radical (unpaired) electrons. The van der Waals surface area contributed by atoms with Gasteiger partial charge in [-0.2, -0.15) is 0 Å². The van der Waals surface area contributed by atoms with Gasteiger partial charge < -0.3 is 5.32 Å². The molecule has 1 N–H and O–H groups in total. The number of carbonyl (C=O) groups excluding carboxylic acids is 1. The molecule has 1 amide bonds. The van der Waals surface area contributed by atoms with Crippen LogP contribution in [-0.2, 0) is 4.79 Å². The lowest BCUT2D eigenvalue weighted by atomic mass is 10.0. The Hall–Kier alpha value is -1.83. The molecule has 2 nitrogen and oxygen atoms in total. The molecule has 0 aliphatic carbocycles. The van der Waals surface area contributed by atoms with Crippen LogP contribution in [0.2, 0.25) is 0 Å². The Morgan fingerprint density at radius 1 is 1.41 bits per heavy atom. The lowest BCUT2D eigenvalue weighted by Gasteiger charge is -2.11. The van der Waals surface area contributed by atoms with Crippen LogP contribution in [0.25, 0.3) is 5.57 Å². The van der Waals surface area contributed by atoms with E-state index in [2.05, 4.69) is 25.4 Å². The second-order valence-corrected chi connectivity index (χ2v) is 3.95. The van der Waals surface area contributed by atoms with Crippen LogP contribution < -0.4 is 5.32 Å². The predicted octanol–water partition coefficient (Wildman–Crippen LogP) is 4.01. The number of allylic oxidation sites excluding steroid dienone is 1. The van der Waals surface area contributed by atoms with Gasteiger partial charge in [0.15, 0.2) is 0 Å². The molecule has 0 atom stereocenters. The highest BCUT2D eigenvalue weighted by Gasteiger charge is 2.06. The maximum absolute atomic E-state index is 11.3. The van der Waals surface area contributed by atoms with Gasteiger partial charge in [-0.3, -0.25) is 4.79 Å². The number of para-hydroxylation sites is 1. The van der Waals surface area contributed by atoms with Crippen molar-refractivity contribution in [1.29, 1.82) is 0 Å². The van der Waals surface area contributed by atoms with Crippen molar-refractivity contribution >= 4 is 17.2 Å². The van der Waals surface area contributed by atoms with Crippen LogP contribution in [0.5, 0.6) is 0 Å². The molecule has 0 unspecified atom stereocenters. The van der Waals surface area contributed by atoms with E-state index < -0.39 is 0 Å². The van der Waals surface area contributed by atoms with Crippen molar-refractivity contribution in [3.05, 3.63) is 49.1 Å². The van der Waals surface area contributed by atoms with Crippen LogP contribution in [0, 0.1) is 0 Å². The second-order valence-electron chi connectivity index (χ2n) is 3.95. The van der Waals surface area contributed by atoms with E-state index in [9.17, 15) is 4.79 Å². The zero-order valence-electron chi connectivity index (χ0n) is 10.3. The van der Waals surface area contributed by atoms with E-state index in [-0.39, 0.29) is 5.91 Å². The third-order valence-electron chi connectivity index (χ3n) is 2.58. The van der Waals surface area contributed by atoms with Crippen molar-refractivity contribution in [2.24, 2.45) is 0 Å². The first-order valence-electron chi connectivity index (χ1n) is 5.89. The van der Waals surface area contributed by atoms with Crippen molar-refractivity contribution in [3.63, 3.8) is 0 Å². The van der Waals surface area contributed by atoms with Crippen LogP contribution in [-0.4, -0.2) is 5.91 Å². The number of hydrogen-bond donors (Lipinski definition) is 1. The maximum atomic E-state index is 11.3. The number of carbonyl (C=O) groups is 1. The molecular weight excluding hydrogens is 210 g/mol. The fourth-order valence-electron chi connectivity index (χ4n) is 1.61. The fourth-order valence-corrected chi connectivity index (χ4v) is 1.61. The molecule has 0 heterocycles. The van der Waals surface area contributed by atoms with Crippen molar-refractivity contribution in [3.8, 4) is 0 Å². The van der Waals surface area contributed by atoms with Crippen LogP contribution in [0.3, 0.4) is 0 Å². The summed E-state index contributed by atoms with van der Waals surface area (Å²) in [5.74, 6) is -0.194. The van der Waals surface area contributed by atoms with Gasteiger partial charge in [0, 0.05) is 11.3 Å². The normalized spacial score (nSPS) is 9.71. The van der Waals surface area contributed by atoms with Gasteiger partial charge in [0.05, 0.1) is 0 Å². The molecule has 0 spiro atoms. The summed E-state index contributed by atoms with van der Waals surface area (Å²) in [6.07, 6.45) is 4.48. The molecule has 17 heavy (non-hydrogen) atoms. The fraction of sp³-hybridized carbons (Fsp3) is 0.267. The third kappa shape index (κ3) is 3.91. The van der Waals surface area contributed by atoms with Crippen LogP contribution in [0.4, 0.5) is 5.69 Å². The summed E-state index contributed by atoms with van der Waals surface area (Å²) in [4.78, 5) is 11.3. The Bertz CT molecular complexity index is 421. The number of rotatable bonds is 6. The van der Waals surface area contributed by atoms with Crippen molar-refractivity contribution in [2.75, 3.05) is 5.32 Å². The van der Waals surface area contributed by atoms with E-state index in [1.807, 2.05) is 24.3 Å². The van der Waals surface area contributed by atoms with E-state index in [0.29, 0.717) is 0 Å². The molecule has 0 aliphatic rings. The monoisotopic (exact) mass is 229 g/mol. The molecule has 1 aromatic carbocycles. The van der Waals surface area contributed by atoms with Gasteiger partial charge in [-0.05, 0) is 30.6 Å². The summed E-state index contributed by atoms with van der Waals surface area (Å²) < 4.78 is 0. The predicted molar refractivity (Wildman–Crippen MR) is 73.8 cm³/mol.